The van der Waals surface area contributed by atoms with E-state index in [4.69, 9.17) is 0 Å². The van der Waals surface area contributed by atoms with Gasteiger partial charge >= 0.3 is 0 Å². The molecule has 0 atom stereocenters. The van der Waals surface area contributed by atoms with Crippen molar-refractivity contribution in [3.8, 4) is 11.8 Å². The number of benzene rings is 1. The van der Waals surface area contributed by atoms with Crippen LogP contribution in [0.4, 0.5) is 5.69 Å². The summed E-state index contributed by atoms with van der Waals surface area (Å²) in [5.41, 5.74) is 1.78. The number of hydrogen-bond donors (Lipinski definition) is 1. The number of carbonyl (C=O) groups is 2. The lowest BCUT2D eigenvalue weighted by atomic mass is 10.1. The van der Waals surface area contributed by atoms with Crippen LogP contribution in [0.5, 0.6) is 0 Å². The smallest absolute Gasteiger partial charge is 0.296 e. The van der Waals surface area contributed by atoms with Gasteiger partial charge < -0.3 is 5.32 Å². The maximum atomic E-state index is 11.3. The number of carbonyl (C=O) groups excluding carboxylic acids is 2. The number of amides is 1. The molecule has 0 spiro atoms. The van der Waals surface area contributed by atoms with E-state index in [9.17, 15) is 9.59 Å². The normalized spacial score (nSPS) is 12.8. The van der Waals surface area contributed by atoms with Crippen LogP contribution in [0.2, 0.25) is 0 Å². The Morgan fingerprint density at radius 1 is 1.31 bits per heavy atom. The summed E-state index contributed by atoms with van der Waals surface area (Å²) >= 11 is 3.28. The maximum absolute atomic E-state index is 11.3. The van der Waals surface area contributed by atoms with Gasteiger partial charge in [0.15, 0.2) is 0 Å². The summed E-state index contributed by atoms with van der Waals surface area (Å²) in [6, 6.07) is 5.10. The first kappa shape index (κ1) is 10.9. The Balaban J connectivity index is 2.30. The van der Waals surface area contributed by atoms with Crippen LogP contribution in [0.25, 0.3) is 0 Å². The number of rotatable bonds is 1. The molecule has 4 heteroatoms. The zero-order valence-corrected chi connectivity index (χ0v) is 9.93. The second-order valence-corrected chi connectivity index (χ2v) is 4.08. The third-order valence-electron chi connectivity index (χ3n) is 2.17. The summed E-state index contributed by atoms with van der Waals surface area (Å²) in [7, 11) is 0. The molecule has 0 radical (unpaired) electrons. The van der Waals surface area contributed by atoms with Crippen LogP contribution in [0.3, 0.4) is 0 Å². The number of alkyl halides is 1. The summed E-state index contributed by atoms with van der Waals surface area (Å²) in [6.45, 7) is 0. The van der Waals surface area contributed by atoms with Gasteiger partial charge in [0.2, 0.25) is 0 Å². The first-order valence-corrected chi connectivity index (χ1v) is 5.89. The average Bonchev–Trinajstić information content (AvgIpc) is 2.55. The van der Waals surface area contributed by atoms with Crippen molar-refractivity contribution in [3.63, 3.8) is 0 Å². The Bertz CT molecular complexity index is 526. The zero-order valence-electron chi connectivity index (χ0n) is 8.34. The summed E-state index contributed by atoms with van der Waals surface area (Å²) < 4.78 is 0. The molecule has 1 aromatic rings. The number of Topliss-reactive ketones (excluding diaryl/α,β-unsaturated/α-hetero) is 1. The molecule has 0 unspecified atom stereocenters. The number of fused-ring (bicyclic) bond motifs is 1. The van der Waals surface area contributed by atoms with E-state index in [0.717, 1.165) is 17.3 Å². The predicted molar refractivity (Wildman–Crippen MR) is 64.7 cm³/mol. The van der Waals surface area contributed by atoms with Gasteiger partial charge in [-0.3, -0.25) is 9.59 Å². The molecule has 3 nitrogen and oxygen atoms in total. The number of hydrogen-bond acceptors (Lipinski definition) is 2. The highest BCUT2D eigenvalue weighted by Crippen LogP contribution is 2.23. The van der Waals surface area contributed by atoms with E-state index in [1.807, 2.05) is 0 Å². The molecule has 2 rings (SSSR count). The Labute approximate surface area is 101 Å². The highest BCUT2D eigenvalue weighted by atomic mass is 79.9. The molecule has 1 N–H and O–H groups in total. The lowest BCUT2D eigenvalue weighted by Gasteiger charge is -1.96. The Hall–Kier alpha value is -1.60. The molecule has 1 heterocycles. The molecular weight excluding hydrogens is 270 g/mol. The van der Waals surface area contributed by atoms with Gasteiger partial charge in [-0.2, -0.15) is 0 Å². The average molecular weight is 278 g/mol. The van der Waals surface area contributed by atoms with Crippen molar-refractivity contribution in [3.05, 3.63) is 29.3 Å². The zero-order chi connectivity index (χ0) is 11.5. The lowest BCUT2D eigenvalue weighted by molar-refractivity contribution is -0.112. The summed E-state index contributed by atoms with van der Waals surface area (Å²) in [6.07, 6.45) is 0.766. The summed E-state index contributed by atoms with van der Waals surface area (Å²) in [4.78, 5) is 22.4. The van der Waals surface area contributed by atoms with Gasteiger partial charge in [0.05, 0.1) is 11.3 Å². The van der Waals surface area contributed by atoms with E-state index < -0.39 is 11.7 Å². The van der Waals surface area contributed by atoms with Gasteiger partial charge in [-0.1, -0.05) is 27.8 Å². The minimum absolute atomic E-state index is 0.427. The summed E-state index contributed by atoms with van der Waals surface area (Å²) in [5, 5.41) is 3.35. The molecule has 0 saturated carbocycles. The number of halogens is 1. The molecule has 80 valence electrons. The van der Waals surface area contributed by atoms with Gasteiger partial charge in [0.25, 0.3) is 11.7 Å². The quantitative estimate of drug-likeness (QED) is 0.485. The number of anilines is 1. The van der Waals surface area contributed by atoms with Gasteiger partial charge in [-0.05, 0) is 18.2 Å². The molecule has 0 fully saturated rings. The van der Waals surface area contributed by atoms with E-state index in [1.54, 1.807) is 18.2 Å². The lowest BCUT2D eigenvalue weighted by Crippen LogP contribution is -2.12. The van der Waals surface area contributed by atoms with Crippen molar-refractivity contribution in [2.75, 3.05) is 10.6 Å². The number of nitrogens with one attached hydrogen (secondary N) is 1. The first-order chi connectivity index (χ1) is 7.72. The second kappa shape index (κ2) is 4.50. The monoisotopic (exact) mass is 277 g/mol. The molecule has 1 amide bonds. The van der Waals surface area contributed by atoms with Gasteiger partial charge in [0.1, 0.15) is 0 Å². The van der Waals surface area contributed by atoms with E-state index in [2.05, 4.69) is 33.1 Å². The van der Waals surface area contributed by atoms with Crippen LogP contribution in [0.15, 0.2) is 18.2 Å². The van der Waals surface area contributed by atoms with Crippen molar-refractivity contribution in [1.82, 2.24) is 0 Å². The Morgan fingerprint density at radius 2 is 2.12 bits per heavy atom. The van der Waals surface area contributed by atoms with Crippen LogP contribution in [0.1, 0.15) is 22.3 Å². The van der Waals surface area contributed by atoms with Crippen molar-refractivity contribution in [1.29, 1.82) is 0 Å². The molecular formula is C12H8BrNO2. The van der Waals surface area contributed by atoms with Crippen LogP contribution < -0.4 is 5.32 Å². The van der Waals surface area contributed by atoms with Gasteiger partial charge in [-0.15, -0.1) is 0 Å². The molecule has 1 aromatic carbocycles. The molecule has 1 aliphatic heterocycles. The molecule has 0 bridgehead atoms. The largest absolute Gasteiger partial charge is 0.318 e. The molecule has 1 aliphatic rings. The van der Waals surface area contributed by atoms with Crippen molar-refractivity contribution in [2.45, 2.75) is 6.42 Å². The third-order valence-corrected chi connectivity index (χ3v) is 2.57. The molecule has 0 aromatic heterocycles. The molecule has 16 heavy (non-hydrogen) atoms. The molecule has 0 aliphatic carbocycles. The highest BCUT2D eigenvalue weighted by Gasteiger charge is 2.27. The van der Waals surface area contributed by atoms with Crippen LogP contribution in [-0.2, 0) is 4.79 Å². The molecule has 0 saturated heterocycles. The van der Waals surface area contributed by atoms with Crippen molar-refractivity contribution < 1.29 is 9.59 Å². The van der Waals surface area contributed by atoms with Crippen LogP contribution in [-0.4, -0.2) is 17.0 Å². The minimum Gasteiger partial charge on any atom is -0.318 e. The van der Waals surface area contributed by atoms with E-state index in [-0.39, 0.29) is 0 Å². The van der Waals surface area contributed by atoms with E-state index in [0.29, 0.717) is 11.3 Å². The van der Waals surface area contributed by atoms with Crippen LogP contribution in [0, 0.1) is 11.8 Å². The predicted octanol–water partition coefficient (Wildman–Crippen LogP) is 1.96. The first-order valence-electron chi connectivity index (χ1n) is 4.77. The second-order valence-electron chi connectivity index (χ2n) is 3.28. The highest BCUT2D eigenvalue weighted by molar-refractivity contribution is 9.09. The standard InChI is InChI=1S/C12H8BrNO2/c13-6-2-1-3-8-4-5-9-10(7-8)14-12(16)11(9)15/h4-5,7H,2,6H2,(H,14,15,16). The topological polar surface area (TPSA) is 46.2 Å². The Morgan fingerprint density at radius 3 is 2.88 bits per heavy atom. The third kappa shape index (κ3) is 2.00. The Kier molecular flexibility index (Phi) is 3.07. The summed E-state index contributed by atoms with van der Waals surface area (Å²) in [5.74, 6) is 4.89. The SMILES string of the molecule is O=C1Nc2cc(C#CCCBr)ccc2C1=O. The maximum Gasteiger partial charge on any atom is 0.296 e. The van der Waals surface area contributed by atoms with E-state index >= 15 is 0 Å². The fourth-order valence-electron chi connectivity index (χ4n) is 1.44. The minimum atomic E-state index is -0.569. The van der Waals surface area contributed by atoms with Gasteiger partial charge in [0, 0.05) is 17.3 Å². The van der Waals surface area contributed by atoms with Crippen molar-refractivity contribution >= 4 is 33.3 Å². The van der Waals surface area contributed by atoms with E-state index in [1.165, 1.54) is 0 Å². The van der Waals surface area contributed by atoms with Crippen molar-refractivity contribution in [2.24, 2.45) is 0 Å². The van der Waals surface area contributed by atoms with Crippen LogP contribution >= 0.6 is 15.9 Å². The fourth-order valence-corrected chi connectivity index (χ4v) is 1.63. The fraction of sp³-hybridized carbons (Fsp3) is 0.167. The number of ketones is 1. The van der Waals surface area contributed by atoms with Gasteiger partial charge in [-0.25, -0.2) is 0 Å².